The van der Waals surface area contributed by atoms with Crippen molar-refractivity contribution in [2.45, 2.75) is 58.8 Å². The zero-order chi connectivity index (χ0) is 18.3. The minimum atomic E-state index is -0.0953. The number of rotatable bonds is 5. The molecule has 0 radical (unpaired) electrons. The van der Waals surface area contributed by atoms with Crippen LogP contribution in [0.25, 0.3) is 0 Å². The van der Waals surface area contributed by atoms with Crippen molar-refractivity contribution in [1.29, 1.82) is 0 Å². The van der Waals surface area contributed by atoms with Crippen LogP contribution < -0.4 is 10.1 Å². The van der Waals surface area contributed by atoms with Gasteiger partial charge in [0.2, 0.25) is 5.88 Å². The van der Waals surface area contributed by atoms with Crippen molar-refractivity contribution in [1.82, 2.24) is 15.1 Å². The van der Waals surface area contributed by atoms with E-state index < -0.39 is 0 Å². The average molecular weight is 357 g/mol. The first kappa shape index (κ1) is 17.6. The smallest absolute Gasteiger partial charge is 0.262 e. The third kappa shape index (κ3) is 3.17. The van der Waals surface area contributed by atoms with Crippen molar-refractivity contribution in [3.05, 3.63) is 23.5 Å². The van der Waals surface area contributed by atoms with E-state index in [-0.39, 0.29) is 5.91 Å². The molecule has 0 saturated heterocycles. The fourth-order valence-electron chi connectivity index (χ4n) is 4.87. The number of hydrogen-bond acceptors (Lipinski definition) is 3. The first-order chi connectivity index (χ1) is 12.4. The van der Waals surface area contributed by atoms with Gasteiger partial charge in [0.15, 0.2) is 0 Å². The molecule has 5 rings (SSSR count). The Bertz CT molecular complexity index is 713. The van der Waals surface area contributed by atoms with Gasteiger partial charge in [-0.2, -0.15) is 5.10 Å². The van der Waals surface area contributed by atoms with Crippen molar-refractivity contribution in [3.8, 4) is 5.88 Å². The lowest BCUT2D eigenvalue weighted by atomic mass is 9.51. The number of carbonyl (C=O) groups excluding carboxylic acids is 1. The summed E-state index contributed by atoms with van der Waals surface area (Å²) in [5, 5.41) is 7.37. The number of amides is 1. The van der Waals surface area contributed by atoms with Gasteiger partial charge in [0.05, 0.1) is 12.8 Å². The molecule has 5 heteroatoms. The molecular weight excluding hydrogens is 326 g/mol. The van der Waals surface area contributed by atoms with Crippen molar-refractivity contribution in [3.63, 3.8) is 0 Å². The number of carbonyl (C=O) groups is 1. The summed E-state index contributed by atoms with van der Waals surface area (Å²) in [5.41, 5.74) is 2.00. The largest absolute Gasteiger partial charge is 0.477 e. The molecule has 5 nitrogen and oxygen atoms in total. The molecule has 1 heterocycles. The molecule has 1 amide bonds. The summed E-state index contributed by atoms with van der Waals surface area (Å²) in [7, 11) is 1.84. The Morgan fingerprint density at radius 1 is 1.35 bits per heavy atom. The third-order valence-corrected chi connectivity index (χ3v) is 7.00. The van der Waals surface area contributed by atoms with Crippen LogP contribution in [0.5, 0.6) is 5.88 Å². The van der Waals surface area contributed by atoms with Crippen molar-refractivity contribution in [2.24, 2.45) is 30.2 Å². The number of aryl methyl sites for hydroxylation is 1. The molecule has 0 aromatic carbocycles. The van der Waals surface area contributed by atoms with E-state index in [1.807, 2.05) is 7.05 Å². The van der Waals surface area contributed by atoms with Gasteiger partial charge in [-0.25, -0.2) is 4.68 Å². The number of aromatic nitrogens is 2. The summed E-state index contributed by atoms with van der Waals surface area (Å²) < 4.78 is 7.72. The van der Waals surface area contributed by atoms with Gasteiger partial charge in [0, 0.05) is 12.7 Å². The average Bonchev–Trinajstić information content (AvgIpc) is 3.01. The molecule has 2 atom stereocenters. The third-order valence-electron chi connectivity index (χ3n) is 7.00. The second kappa shape index (κ2) is 6.75. The Hall–Kier alpha value is -1.78. The summed E-state index contributed by atoms with van der Waals surface area (Å²) in [5.74, 6) is 2.37. The van der Waals surface area contributed by atoms with Crippen molar-refractivity contribution >= 4 is 5.91 Å². The highest BCUT2D eigenvalue weighted by atomic mass is 16.5. The molecule has 4 aliphatic rings. The molecule has 0 unspecified atom stereocenters. The van der Waals surface area contributed by atoms with E-state index in [2.05, 4.69) is 30.3 Å². The normalized spacial score (nSPS) is 27.4. The van der Waals surface area contributed by atoms with Gasteiger partial charge in [-0.1, -0.05) is 39.2 Å². The van der Waals surface area contributed by atoms with E-state index in [9.17, 15) is 4.79 Å². The number of ether oxygens (including phenoxy) is 1. The molecule has 4 aliphatic carbocycles. The molecule has 2 fully saturated rings. The highest BCUT2D eigenvalue weighted by molar-refractivity contribution is 5.97. The van der Waals surface area contributed by atoms with E-state index in [4.69, 9.17) is 4.74 Å². The zero-order valence-corrected chi connectivity index (χ0v) is 16.3. The van der Waals surface area contributed by atoms with Gasteiger partial charge in [0.25, 0.3) is 5.91 Å². The minimum Gasteiger partial charge on any atom is -0.477 e. The van der Waals surface area contributed by atoms with Crippen LogP contribution in [0, 0.1) is 23.2 Å². The number of allylic oxidation sites excluding steroid dienone is 2. The van der Waals surface area contributed by atoms with Gasteiger partial charge < -0.3 is 10.1 Å². The summed E-state index contributed by atoms with van der Waals surface area (Å²) >= 11 is 0. The fraction of sp³-hybridized carbons (Fsp3) is 0.714. The number of nitrogens with zero attached hydrogens (tertiary/aromatic N) is 2. The highest BCUT2D eigenvalue weighted by Gasteiger charge is 2.49. The molecule has 2 bridgehead atoms. The van der Waals surface area contributed by atoms with Crippen LogP contribution in [0.15, 0.2) is 18.0 Å². The Kier molecular flexibility index (Phi) is 4.57. The van der Waals surface area contributed by atoms with Gasteiger partial charge >= 0.3 is 0 Å². The lowest BCUT2D eigenvalue weighted by molar-refractivity contribution is -0.00263. The molecule has 0 spiro atoms. The van der Waals surface area contributed by atoms with Crippen LogP contribution in [0.1, 0.15) is 69.2 Å². The molecular formula is C21H31N3O2. The summed E-state index contributed by atoms with van der Waals surface area (Å²) in [6, 6.07) is 0. The molecule has 142 valence electrons. The highest BCUT2D eigenvalue weighted by Crippen LogP contribution is 2.57. The van der Waals surface area contributed by atoms with Gasteiger partial charge in [-0.3, -0.25) is 4.79 Å². The quantitative estimate of drug-likeness (QED) is 0.864. The minimum absolute atomic E-state index is 0.0953. The predicted octanol–water partition coefficient (Wildman–Crippen LogP) is 4.06. The van der Waals surface area contributed by atoms with Gasteiger partial charge in [-0.15, -0.1) is 0 Å². The maximum atomic E-state index is 12.8. The van der Waals surface area contributed by atoms with Gasteiger partial charge in [-0.05, 0) is 48.9 Å². The summed E-state index contributed by atoms with van der Waals surface area (Å²) in [6.07, 6.45) is 12.5. The monoisotopic (exact) mass is 357 g/mol. The van der Waals surface area contributed by atoms with E-state index in [0.29, 0.717) is 41.2 Å². The van der Waals surface area contributed by atoms with E-state index in [1.165, 1.54) is 38.5 Å². The predicted molar refractivity (Wildman–Crippen MR) is 101 cm³/mol. The lowest BCUT2D eigenvalue weighted by Crippen LogP contribution is -2.48. The van der Waals surface area contributed by atoms with E-state index in [1.54, 1.807) is 10.9 Å². The van der Waals surface area contributed by atoms with Crippen molar-refractivity contribution < 1.29 is 9.53 Å². The maximum Gasteiger partial charge on any atom is 0.262 e. The number of nitrogens with one attached hydrogen (secondary N) is 1. The van der Waals surface area contributed by atoms with Crippen LogP contribution >= 0.6 is 0 Å². The Labute approximate surface area is 156 Å². The standard InChI is InChI=1S/C21H31N3O2/c1-21(2)15-9-16(21)11-17(10-15)23-19(25)18-12-22-24(3)20(18)26-13-14-7-5-4-6-8-14/h10,12,14-16H,4-9,11,13H2,1-3H3,(H,23,25)/t15-,16+/m0/s1. The maximum absolute atomic E-state index is 12.8. The Morgan fingerprint density at radius 3 is 2.77 bits per heavy atom. The second-order valence-corrected chi connectivity index (χ2v) is 9.01. The molecule has 0 aliphatic heterocycles. The molecule has 1 aromatic rings. The van der Waals surface area contributed by atoms with Crippen LogP contribution in [0.4, 0.5) is 0 Å². The molecule has 2 saturated carbocycles. The summed E-state index contributed by atoms with van der Waals surface area (Å²) in [6.45, 7) is 5.35. The van der Waals surface area contributed by atoms with Crippen LogP contribution in [0.2, 0.25) is 0 Å². The van der Waals surface area contributed by atoms with Crippen LogP contribution in [-0.4, -0.2) is 22.3 Å². The molecule has 26 heavy (non-hydrogen) atoms. The van der Waals surface area contributed by atoms with E-state index in [0.717, 1.165) is 12.1 Å². The zero-order valence-electron chi connectivity index (χ0n) is 16.3. The van der Waals surface area contributed by atoms with Gasteiger partial charge in [0.1, 0.15) is 5.56 Å². The Morgan fingerprint density at radius 2 is 2.12 bits per heavy atom. The SMILES string of the molecule is Cn1ncc(C(=O)NC2=C[C@@H]3C[C@H](C2)C3(C)C)c1OCC1CCCCC1. The summed E-state index contributed by atoms with van der Waals surface area (Å²) in [4.78, 5) is 12.8. The first-order valence-corrected chi connectivity index (χ1v) is 10.1. The van der Waals surface area contributed by atoms with Crippen molar-refractivity contribution in [2.75, 3.05) is 6.61 Å². The van der Waals surface area contributed by atoms with Crippen LogP contribution in [0.3, 0.4) is 0 Å². The molecule has 1 aromatic heterocycles. The molecule has 1 N–H and O–H groups in total. The van der Waals surface area contributed by atoms with Crippen LogP contribution in [-0.2, 0) is 7.05 Å². The lowest BCUT2D eigenvalue weighted by Gasteiger charge is -2.55. The second-order valence-electron chi connectivity index (χ2n) is 9.01. The number of fused-ring (bicyclic) bond motifs is 1. The fourth-order valence-corrected chi connectivity index (χ4v) is 4.87. The topological polar surface area (TPSA) is 56.2 Å². The Balaban J connectivity index is 1.40. The first-order valence-electron chi connectivity index (χ1n) is 10.1. The number of hydrogen-bond donors (Lipinski definition) is 1. The van der Waals surface area contributed by atoms with E-state index >= 15 is 0 Å².